The first-order chi connectivity index (χ1) is 7.77. The Hall–Kier alpha value is -0.390. The molecule has 1 saturated heterocycles. The lowest BCUT2D eigenvalue weighted by atomic mass is 10.1. The van der Waals surface area contributed by atoms with Gasteiger partial charge in [-0.1, -0.05) is 0 Å². The highest BCUT2D eigenvalue weighted by Crippen LogP contribution is 2.31. The molecule has 1 aliphatic heterocycles. The van der Waals surface area contributed by atoms with E-state index in [4.69, 9.17) is 0 Å². The van der Waals surface area contributed by atoms with E-state index in [9.17, 15) is 0 Å². The maximum absolute atomic E-state index is 4.64. The first-order valence-corrected chi connectivity index (χ1v) is 6.88. The zero-order valence-corrected chi connectivity index (χ0v) is 11.8. The molecule has 84 valence electrons. The van der Waals surface area contributed by atoms with Crippen LogP contribution >= 0.6 is 31.9 Å². The third-order valence-electron chi connectivity index (χ3n) is 3.03. The Kier molecular flexibility index (Phi) is 2.77. The van der Waals surface area contributed by atoms with Crippen LogP contribution < -0.4 is 5.32 Å². The van der Waals surface area contributed by atoms with Gasteiger partial charge >= 0.3 is 0 Å². The Bertz CT molecular complexity index is 529. The number of hydrogen-bond donors (Lipinski definition) is 1. The molecule has 0 aromatic carbocycles. The minimum absolute atomic E-state index is 0.521. The summed E-state index contributed by atoms with van der Waals surface area (Å²) in [5.41, 5.74) is 1.12. The normalized spacial score (nSPS) is 20.8. The summed E-state index contributed by atoms with van der Waals surface area (Å²) in [5, 5.41) is 3.38. The molecule has 2 aromatic heterocycles. The van der Waals surface area contributed by atoms with Gasteiger partial charge in [-0.25, -0.2) is 4.98 Å². The van der Waals surface area contributed by atoms with E-state index in [-0.39, 0.29) is 0 Å². The van der Waals surface area contributed by atoms with Crippen LogP contribution in [-0.2, 0) is 0 Å². The quantitative estimate of drug-likeness (QED) is 0.861. The summed E-state index contributed by atoms with van der Waals surface area (Å²) >= 11 is 7.10. The Balaban J connectivity index is 2.22. The van der Waals surface area contributed by atoms with E-state index in [0.29, 0.717) is 5.92 Å². The molecule has 0 radical (unpaired) electrons. The van der Waals surface area contributed by atoms with Gasteiger partial charge in [-0.05, 0) is 57.0 Å². The van der Waals surface area contributed by atoms with Crippen molar-refractivity contribution in [2.24, 2.45) is 0 Å². The Labute approximate surface area is 111 Å². The van der Waals surface area contributed by atoms with E-state index in [1.807, 2.05) is 12.1 Å². The number of imidazole rings is 1. The summed E-state index contributed by atoms with van der Waals surface area (Å²) in [6, 6.07) is 4.08. The van der Waals surface area contributed by atoms with Gasteiger partial charge in [-0.15, -0.1) is 0 Å². The molecule has 1 N–H and O–H groups in total. The topological polar surface area (TPSA) is 29.3 Å². The van der Waals surface area contributed by atoms with Gasteiger partial charge < -0.3 is 9.72 Å². The maximum atomic E-state index is 4.64. The molecule has 16 heavy (non-hydrogen) atoms. The molecule has 0 saturated carbocycles. The number of nitrogens with one attached hydrogen (secondary N) is 1. The number of nitrogens with zero attached hydrogens (tertiary/aromatic N) is 2. The first kappa shape index (κ1) is 10.7. The van der Waals surface area contributed by atoms with Crippen molar-refractivity contribution in [3.63, 3.8) is 0 Å². The van der Waals surface area contributed by atoms with Crippen LogP contribution in [0.3, 0.4) is 0 Å². The molecular weight excluding hydrogens is 334 g/mol. The zero-order valence-electron chi connectivity index (χ0n) is 8.58. The number of fused-ring (bicyclic) bond motifs is 1. The highest BCUT2D eigenvalue weighted by molar-refractivity contribution is 9.11. The van der Waals surface area contributed by atoms with Crippen LogP contribution in [0.5, 0.6) is 0 Å². The maximum Gasteiger partial charge on any atom is 0.133 e. The monoisotopic (exact) mass is 343 g/mol. The minimum Gasteiger partial charge on any atom is -0.316 e. The fourth-order valence-corrected chi connectivity index (χ4v) is 3.63. The number of pyridine rings is 1. The minimum atomic E-state index is 0.521. The van der Waals surface area contributed by atoms with Crippen LogP contribution in [0.1, 0.15) is 18.2 Å². The van der Waals surface area contributed by atoms with E-state index < -0.39 is 0 Å². The fourth-order valence-electron chi connectivity index (χ4n) is 2.24. The van der Waals surface area contributed by atoms with Crippen molar-refractivity contribution in [2.75, 3.05) is 13.1 Å². The molecule has 1 aliphatic rings. The van der Waals surface area contributed by atoms with Crippen molar-refractivity contribution in [2.45, 2.75) is 12.3 Å². The third kappa shape index (κ3) is 1.61. The van der Waals surface area contributed by atoms with E-state index in [1.54, 1.807) is 0 Å². The third-order valence-corrected chi connectivity index (χ3v) is 4.22. The number of hydrogen-bond acceptors (Lipinski definition) is 2. The Morgan fingerprint density at radius 2 is 2.31 bits per heavy atom. The predicted octanol–water partition coefficient (Wildman–Crippen LogP) is 2.94. The zero-order chi connectivity index (χ0) is 11.1. The summed E-state index contributed by atoms with van der Waals surface area (Å²) in [6.45, 7) is 2.11. The first-order valence-electron chi connectivity index (χ1n) is 5.30. The molecule has 0 amide bonds. The highest BCUT2D eigenvalue weighted by atomic mass is 79.9. The molecule has 3 rings (SSSR count). The summed E-state index contributed by atoms with van der Waals surface area (Å²) in [7, 11) is 0. The summed E-state index contributed by atoms with van der Waals surface area (Å²) in [4.78, 5) is 4.64. The second-order valence-electron chi connectivity index (χ2n) is 4.03. The molecule has 3 nitrogen and oxygen atoms in total. The summed E-state index contributed by atoms with van der Waals surface area (Å²) in [5.74, 6) is 1.67. The molecule has 3 heterocycles. The van der Waals surface area contributed by atoms with Crippen LogP contribution in [0.4, 0.5) is 0 Å². The van der Waals surface area contributed by atoms with Crippen molar-refractivity contribution in [3.8, 4) is 0 Å². The average Bonchev–Trinajstić information content (AvgIpc) is 2.86. The lowest BCUT2D eigenvalue weighted by Crippen LogP contribution is -2.10. The largest absolute Gasteiger partial charge is 0.316 e. The van der Waals surface area contributed by atoms with Crippen molar-refractivity contribution in [3.05, 3.63) is 33.2 Å². The van der Waals surface area contributed by atoms with Gasteiger partial charge in [0, 0.05) is 23.1 Å². The lowest BCUT2D eigenvalue weighted by molar-refractivity contribution is 0.697. The highest BCUT2D eigenvalue weighted by Gasteiger charge is 2.23. The van der Waals surface area contributed by atoms with E-state index in [0.717, 1.165) is 39.9 Å². The summed E-state index contributed by atoms with van der Waals surface area (Å²) < 4.78 is 4.17. The molecule has 2 aromatic rings. The standard InChI is InChI=1S/C11H11Br2N3/c12-8-2-1-5-16-9(8)10(13)15-11(16)7-3-4-14-6-7/h1-2,5,7,14H,3-4,6H2. The van der Waals surface area contributed by atoms with Gasteiger partial charge in [0.25, 0.3) is 0 Å². The molecule has 1 atom stereocenters. The second-order valence-corrected chi connectivity index (χ2v) is 5.63. The van der Waals surface area contributed by atoms with Gasteiger partial charge in [0.15, 0.2) is 0 Å². The smallest absolute Gasteiger partial charge is 0.133 e. The van der Waals surface area contributed by atoms with E-state index in [2.05, 4.69) is 52.8 Å². The van der Waals surface area contributed by atoms with Crippen LogP contribution in [0.25, 0.3) is 5.52 Å². The summed E-state index contributed by atoms with van der Waals surface area (Å²) in [6.07, 6.45) is 3.24. The van der Waals surface area contributed by atoms with Crippen LogP contribution in [0.15, 0.2) is 27.4 Å². The van der Waals surface area contributed by atoms with Crippen LogP contribution in [0.2, 0.25) is 0 Å². The molecule has 1 fully saturated rings. The molecular formula is C11H11Br2N3. The van der Waals surface area contributed by atoms with Gasteiger partial charge in [-0.2, -0.15) is 0 Å². The van der Waals surface area contributed by atoms with Gasteiger partial charge in [0.2, 0.25) is 0 Å². The molecule has 0 bridgehead atoms. The van der Waals surface area contributed by atoms with Gasteiger partial charge in [0.05, 0.1) is 5.52 Å². The molecule has 0 spiro atoms. The predicted molar refractivity (Wildman–Crippen MR) is 70.8 cm³/mol. The molecule has 1 unspecified atom stereocenters. The van der Waals surface area contributed by atoms with Crippen molar-refractivity contribution in [1.82, 2.24) is 14.7 Å². The van der Waals surface area contributed by atoms with Crippen LogP contribution in [-0.4, -0.2) is 22.5 Å². The van der Waals surface area contributed by atoms with Gasteiger partial charge in [-0.3, -0.25) is 0 Å². The van der Waals surface area contributed by atoms with E-state index in [1.165, 1.54) is 0 Å². The van der Waals surface area contributed by atoms with Crippen molar-refractivity contribution < 1.29 is 0 Å². The van der Waals surface area contributed by atoms with E-state index >= 15 is 0 Å². The SMILES string of the molecule is Brc1cccn2c(C3CCNC3)nc(Br)c12. The second kappa shape index (κ2) is 4.13. The number of aromatic nitrogens is 2. The molecule has 5 heteroatoms. The molecule has 0 aliphatic carbocycles. The average molecular weight is 345 g/mol. The fraction of sp³-hybridized carbons (Fsp3) is 0.364. The lowest BCUT2D eigenvalue weighted by Gasteiger charge is -2.07. The van der Waals surface area contributed by atoms with Crippen LogP contribution in [0, 0.1) is 0 Å². The number of rotatable bonds is 1. The van der Waals surface area contributed by atoms with Gasteiger partial charge in [0.1, 0.15) is 10.4 Å². The number of halogens is 2. The Morgan fingerprint density at radius 3 is 3.06 bits per heavy atom. The Morgan fingerprint density at radius 1 is 1.44 bits per heavy atom. The van der Waals surface area contributed by atoms with Crippen molar-refractivity contribution in [1.29, 1.82) is 0 Å². The van der Waals surface area contributed by atoms with Crippen molar-refractivity contribution >= 4 is 37.4 Å².